The fourth-order valence-corrected chi connectivity index (χ4v) is 4.17. The summed E-state index contributed by atoms with van der Waals surface area (Å²) in [6.07, 6.45) is 4.92. The van der Waals surface area contributed by atoms with Crippen LogP contribution in [0.15, 0.2) is 18.2 Å². The Labute approximate surface area is 121 Å². The molecule has 1 saturated carbocycles. The van der Waals surface area contributed by atoms with Crippen molar-refractivity contribution in [2.75, 3.05) is 0 Å². The molecule has 1 aromatic rings. The van der Waals surface area contributed by atoms with Gasteiger partial charge in [0.05, 0.1) is 5.38 Å². The number of ether oxygens (including phenoxy) is 1. The largest absolute Gasteiger partial charge is 0.487 e. The Balaban J connectivity index is 1.83. The van der Waals surface area contributed by atoms with Gasteiger partial charge in [-0.2, -0.15) is 0 Å². The Hall–Kier alpha value is -0.690. The van der Waals surface area contributed by atoms with Crippen LogP contribution in [0.1, 0.15) is 56.5 Å². The standard InChI is InChI=1S/C17H23ClO/c1-11-5-4-6-14(11)16(18)12-7-8-15-13(9-12)10-17(2,3)19-15/h7-9,11,14,16H,4-6,10H2,1-3H3. The maximum Gasteiger partial charge on any atom is 0.123 e. The van der Waals surface area contributed by atoms with Crippen LogP contribution >= 0.6 is 11.6 Å². The van der Waals surface area contributed by atoms with E-state index in [1.807, 2.05) is 0 Å². The van der Waals surface area contributed by atoms with Crippen molar-refractivity contribution in [1.29, 1.82) is 0 Å². The molecule has 0 radical (unpaired) electrons. The molecular formula is C17H23ClO. The van der Waals surface area contributed by atoms with Crippen molar-refractivity contribution >= 4 is 11.6 Å². The molecule has 1 aliphatic heterocycles. The van der Waals surface area contributed by atoms with Gasteiger partial charge in [0.15, 0.2) is 0 Å². The number of halogens is 1. The average Bonchev–Trinajstić information content (AvgIpc) is 2.88. The van der Waals surface area contributed by atoms with E-state index in [4.69, 9.17) is 16.3 Å². The topological polar surface area (TPSA) is 9.23 Å². The Morgan fingerprint density at radius 2 is 2.11 bits per heavy atom. The minimum Gasteiger partial charge on any atom is -0.487 e. The van der Waals surface area contributed by atoms with E-state index in [9.17, 15) is 0 Å². The molecule has 2 aliphatic rings. The summed E-state index contributed by atoms with van der Waals surface area (Å²) in [5.41, 5.74) is 2.53. The van der Waals surface area contributed by atoms with Crippen LogP contribution in [-0.4, -0.2) is 5.60 Å². The van der Waals surface area contributed by atoms with Gasteiger partial charge in [0, 0.05) is 6.42 Å². The molecule has 0 spiro atoms. The summed E-state index contributed by atoms with van der Waals surface area (Å²) in [6.45, 7) is 6.63. The van der Waals surface area contributed by atoms with E-state index in [1.165, 1.54) is 30.4 Å². The highest BCUT2D eigenvalue weighted by molar-refractivity contribution is 6.21. The van der Waals surface area contributed by atoms with E-state index < -0.39 is 0 Å². The second-order valence-electron chi connectivity index (χ2n) is 6.88. The molecule has 19 heavy (non-hydrogen) atoms. The Morgan fingerprint density at radius 1 is 1.32 bits per heavy atom. The van der Waals surface area contributed by atoms with E-state index in [2.05, 4.69) is 39.0 Å². The third-order valence-corrected chi connectivity index (χ3v) is 5.28. The molecule has 3 rings (SSSR count). The third-order valence-electron chi connectivity index (χ3n) is 4.71. The molecule has 1 heterocycles. The molecule has 1 aromatic carbocycles. The molecule has 0 saturated heterocycles. The van der Waals surface area contributed by atoms with Crippen LogP contribution in [-0.2, 0) is 6.42 Å². The zero-order valence-corrected chi connectivity index (χ0v) is 12.8. The molecule has 3 unspecified atom stereocenters. The van der Waals surface area contributed by atoms with Crippen molar-refractivity contribution in [1.82, 2.24) is 0 Å². The molecular weight excluding hydrogens is 256 g/mol. The van der Waals surface area contributed by atoms with Crippen LogP contribution in [0, 0.1) is 11.8 Å². The van der Waals surface area contributed by atoms with Crippen molar-refractivity contribution in [3.63, 3.8) is 0 Å². The minimum atomic E-state index is -0.0661. The highest BCUT2D eigenvalue weighted by atomic mass is 35.5. The van der Waals surface area contributed by atoms with Crippen LogP contribution in [0.3, 0.4) is 0 Å². The number of rotatable bonds is 2. The molecule has 1 fully saturated rings. The number of fused-ring (bicyclic) bond motifs is 1. The number of hydrogen-bond donors (Lipinski definition) is 0. The van der Waals surface area contributed by atoms with Crippen molar-refractivity contribution < 1.29 is 4.74 Å². The predicted octanol–water partition coefficient (Wildman–Crippen LogP) is 5.12. The molecule has 3 atom stereocenters. The van der Waals surface area contributed by atoms with Gasteiger partial charge in [0.2, 0.25) is 0 Å². The molecule has 0 N–H and O–H groups in total. The lowest BCUT2D eigenvalue weighted by molar-refractivity contribution is 0.138. The molecule has 1 nitrogen and oxygen atoms in total. The second-order valence-corrected chi connectivity index (χ2v) is 7.35. The number of alkyl halides is 1. The van der Waals surface area contributed by atoms with Gasteiger partial charge >= 0.3 is 0 Å². The van der Waals surface area contributed by atoms with Gasteiger partial charge in [0.25, 0.3) is 0 Å². The summed E-state index contributed by atoms with van der Waals surface area (Å²) in [6, 6.07) is 6.53. The molecule has 2 heteroatoms. The van der Waals surface area contributed by atoms with Crippen molar-refractivity contribution in [3.8, 4) is 5.75 Å². The molecule has 0 aromatic heterocycles. The zero-order valence-electron chi connectivity index (χ0n) is 12.1. The van der Waals surface area contributed by atoms with Crippen LogP contribution in [0.2, 0.25) is 0 Å². The van der Waals surface area contributed by atoms with Crippen molar-refractivity contribution in [2.24, 2.45) is 11.8 Å². The second kappa shape index (κ2) is 4.70. The highest BCUT2D eigenvalue weighted by Gasteiger charge is 2.33. The maximum atomic E-state index is 6.74. The molecule has 0 amide bonds. The lowest BCUT2D eigenvalue weighted by Crippen LogP contribution is -2.24. The smallest absolute Gasteiger partial charge is 0.123 e. The maximum absolute atomic E-state index is 6.74. The molecule has 1 aliphatic carbocycles. The molecule has 0 bridgehead atoms. The summed E-state index contributed by atoms with van der Waals surface area (Å²) in [5.74, 6) is 2.43. The summed E-state index contributed by atoms with van der Waals surface area (Å²) in [4.78, 5) is 0. The van der Waals surface area contributed by atoms with Gasteiger partial charge in [0.1, 0.15) is 11.4 Å². The van der Waals surface area contributed by atoms with Crippen LogP contribution in [0.25, 0.3) is 0 Å². The first-order valence-electron chi connectivity index (χ1n) is 7.42. The fraction of sp³-hybridized carbons (Fsp3) is 0.647. The van der Waals surface area contributed by atoms with Gasteiger partial charge in [-0.1, -0.05) is 31.9 Å². The summed E-state index contributed by atoms with van der Waals surface area (Å²) >= 11 is 6.74. The Morgan fingerprint density at radius 3 is 2.79 bits per heavy atom. The number of benzene rings is 1. The Kier molecular flexibility index (Phi) is 3.29. The highest BCUT2D eigenvalue weighted by Crippen LogP contribution is 2.45. The first kappa shape index (κ1) is 13.3. The van der Waals surface area contributed by atoms with Crippen molar-refractivity contribution in [2.45, 2.75) is 57.4 Å². The van der Waals surface area contributed by atoms with E-state index in [0.717, 1.165) is 18.1 Å². The Bertz CT molecular complexity index is 480. The van der Waals surface area contributed by atoms with Crippen molar-refractivity contribution in [3.05, 3.63) is 29.3 Å². The van der Waals surface area contributed by atoms with Crippen LogP contribution in [0.4, 0.5) is 0 Å². The lowest BCUT2D eigenvalue weighted by atomic mass is 9.89. The zero-order chi connectivity index (χ0) is 13.6. The van der Waals surface area contributed by atoms with E-state index in [1.54, 1.807) is 0 Å². The SMILES string of the molecule is CC1CCCC1C(Cl)c1ccc2c(c1)CC(C)(C)O2. The van der Waals surface area contributed by atoms with Crippen LogP contribution in [0.5, 0.6) is 5.75 Å². The third kappa shape index (κ3) is 2.50. The minimum absolute atomic E-state index is 0.0661. The van der Waals surface area contributed by atoms with E-state index in [-0.39, 0.29) is 11.0 Å². The fourth-order valence-electron chi connectivity index (χ4n) is 3.66. The van der Waals surface area contributed by atoms with E-state index >= 15 is 0 Å². The lowest BCUT2D eigenvalue weighted by Gasteiger charge is -2.22. The monoisotopic (exact) mass is 278 g/mol. The summed E-state index contributed by atoms with van der Waals surface area (Å²) in [7, 11) is 0. The van der Waals surface area contributed by atoms with Gasteiger partial charge in [-0.15, -0.1) is 11.6 Å². The number of hydrogen-bond acceptors (Lipinski definition) is 1. The summed E-state index contributed by atoms with van der Waals surface area (Å²) < 4.78 is 5.93. The van der Waals surface area contributed by atoms with Crippen LogP contribution < -0.4 is 4.74 Å². The normalized spacial score (nSPS) is 29.9. The molecule has 104 valence electrons. The average molecular weight is 279 g/mol. The van der Waals surface area contributed by atoms with Gasteiger partial charge in [-0.25, -0.2) is 0 Å². The first-order valence-corrected chi connectivity index (χ1v) is 7.86. The first-order chi connectivity index (χ1) is 8.96. The van der Waals surface area contributed by atoms with Gasteiger partial charge < -0.3 is 4.74 Å². The quantitative estimate of drug-likeness (QED) is 0.683. The summed E-state index contributed by atoms with van der Waals surface area (Å²) in [5, 5.41) is 0.159. The van der Waals surface area contributed by atoms with Gasteiger partial charge in [-0.05, 0) is 49.3 Å². The van der Waals surface area contributed by atoms with E-state index in [0.29, 0.717) is 5.92 Å². The van der Waals surface area contributed by atoms with Gasteiger partial charge in [-0.3, -0.25) is 0 Å². The predicted molar refractivity (Wildman–Crippen MR) is 80.0 cm³/mol.